The third-order valence-electron chi connectivity index (χ3n) is 5.24. The second-order valence-corrected chi connectivity index (χ2v) is 10.3. The van der Waals surface area contributed by atoms with Crippen LogP contribution in [0.1, 0.15) is 37.7 Å². The van der Waals surface area contributed by atoms with Crippen LogP contribution in [0.4, 0.5) is 5.69 Å². The largest absolute Gasteiger partial charge is 0.384 e. The molecular weight excluding hydrogens is 466 g/mol. The number of Topliss-reactive ketones (excluding diaryl/α,β-unsaturated/α-hetero) is 1. The van der Waals surface area contributed by atoms with E-state index in [0.717, 1.165) is 49.8 Å². The summed E-state index contributed by atoms with van der Waals surface area (Å²) in [6.45, 7) is 2.11. The molecule has 2 N–H and O–H groups in total. The van der Waals surface area contributed by atoms with Crippen LogP contribution >= 0.6 is 39.0 Å². The average molecular weight is 486 g/mol. The van der Waals surface area contributed by atoms with Gasteiger partial charge in [-0.15, -0.1) is 23.1 Å². The predicted octanol–water partition coefficient (Wildman–Crippen LogP) is 5.93. The molecule has 0 bridgehead atoms. The summed E-state index contributed by atoms with van der Waals surface area (Å²) in [5.74, 6) is 1.10. The van der Waals surface area contributed by atoms with E-state index in [2.05, 4.69) is 28.9 Å². The molecule has 2 heterocycles. The van der Waals surface area contributed by atoms with Crippen molar-refractivity contribution in [1.29, 1.82) is 5.26 Å². The fraction of sp³-hybridized carbons (Fsp3) is 0.273. The minimum Gasteiger partial charge on any atom is -0.384 e. The van der Waals surface area contributed by atoms with Gasteiger partial charge in [0.2, 0.25) is 0 Å². The van der Waals surface area contributed by atoms with Crippen LogP contribution in [0.2, 0.25) is 0 Å². The maximum atomic E-state index is 13.1. The Morgan fingerprint density at radius 2 is 2.07 bits per heavy atom. The summed E-state index contributed by atoms with van der Waals surface area (Å²) in [4.78, 5) is 15.0. The fourth-order valence-electron chi connectivity index (χ4n) is 4.05. The van der Waals surface area contributed by atoms with E-state index in [4.69, 9.17) is 5.73 Å². The van der Waals surface area contributed by atoms with Crippen LogP contribution in [0.15, 0.2) is 67.1 Å². The first kappa shape index (κ1) is 20.3. The molecule has 1 aliphatic heterocycles. The summed E-state index contributed by atoms with van der Waals surface area (Å²) >= 11 is 6.87. The summed E-state index contributed by atoms with van der Waals surface area (Å²) in [5, 5.41) is 12.1. The van der Waals surface area contributed by atoms with Gasteiger partial charge in [-0.25, -0.2) is 0 Å². The number of nitrogens with two attached hydrogens (primary N) is 1. The van der Waals surface area contributed by atoms with Gasteiger partial charge in [0, 0.05) is 27.9 Å². The highest BCUT2D eigenvalue weighted by atomic mass is 79.9. The molecular formula is C22H20BrN3OS2. The molecule has 0 saturated carbocycles. The molecule has 0 saturated heterocycles. The first-order chi connectivity index (χ1) is 14.1. The SMILES string of the molecule is CCSc1sccc1[C@H]1C(C#N)=C(N)N(c2ccc(Br)cc2)C2=C1C(=O)CCC2. The van der Waals surface area contributed by atoms with Crippen molar-refractivity contribution in [2.24, 2.45) is 5.73 Å². The first-order valence-electron chi connectivity index (χ1n) is 9.48. The standard InChI is InChI=1S/C22H20BrN3OS2/c1-2-28-22-15(10-11-29-22)19-16(12-24)21(25)26(14-8-6-13(23)7-9-14)17-4-3-5-18(27)20(17)19/h6-11,19H,2-5,25H2,1H3/t19-/m0/s1. The molecule has 2 aliphatic rings. The topological polar surface area (TPSA) is 70.1 Å². The molecule has 4 nitrogen and oxygen atoms in total. The number of hydrogen-bond donors (Lipinski definition) is 1. The van der Waals surface area contributed by atoms with E-state index in [1.165, 1.54) is 0 Å². The number of ketones is 1. The average Bonchev–Trinajstić information content (AvgIpc) is 3.16. The van der Waals surface area contributed by atoms with Crippen molar-refractivity contribution in [2.75, 3.05) is 10.7 Å². The van der Waals surface area contributed by atoms with Crippen molar-refractivity contribution in [2.45, 2.75) is 36.3 Å². The molecule has 1 atom stereocenters. The zero-order valence-electron chi connectivity index (χ0n) is 15.9. The number of rotatable bonds is 4. The molecule has 0 spiro atoms. The van der Waals surface area contributed by atoms with E-state index in [1.54, 1.807) is 23.1 Å². The number of benzene rings is 1. The molecule has 0 fully saturated rings. The quantitative estimate of drug-likeness (QED) is 0.543. The van der Waals surface area contributed by atoms with Crippen LogP contribution in [0, 0.1) is 11.3 Å². The number of carbonyl (C=O) groups excluding carboxylic acids is 1. The normalized spacial score (nSPS) is 19.4. The molecule has 29 heavy (non-hydrogen) atoms. The van der Waals surface area contributed by atoms with Gasteiger partial charge < -0.3 is 5.73 Å². The highest BCUT2D eigenvalue weighted by Gasteiger charge is 2.41. The summed E-state index contributed by atoms with van der Waals surface area (Å²) < 4.78 is 2.12. The van der Waals surface area contributed by atoms with Crippen LogP contribution < -0.4 is 10.6 Å². The van der Waals surface area contributed by atoms with Crippen LogP contribution in [-0.2, 0) is 4.79 Å². The molecule has 148 valence electrons. The van der Waals surface area contributed by atoms with E-state index in [1.807, 2.05) is 40.6 Å². The Bertz CT molecular complexity index is 1060. The number of anilines is 1. The molecule has 0 amide bonds. The van der Waals surface area contributed by atoms with E-state index in [-0.39, 0.29) is 11.7 Å². The first-order valence-corrected chi connectivity index (χ1v) is 12.1. The lowest BCUT2D eigenvalue weighted by atomic mass is 9.76. The Balaban J connectivity index is 1.94. The number of halogens is 1. The van der Waals surface area contributed by atoms with E-state index in [0.29, 0.717) is 17.8 Å². The molecule has 1 aromatic carbocycles. The van der Waals surface area contributed by atoms with E-state index >= 15 is 0 Å². The molecule has 0 unspecified atom stereocenters. The smallest absolute Gasteiger partial charge is 0.161 e. The number of nitrogens with zero attached hydrogens (tertiary/aromatic N) is 2. The third kappa shape index (κ3) is 3.54. The molecule has 0 radical (unpaired) electrons. The number of thioether (sulfide) groups is 1. The Hall–Kier alpha value is -2.01. The second-order valence-electron chi connectivity index (χ2n) is 6.89. The number of allylic oxidation sites excluding steroid dienone is 3. The summed E-state index contributed by atoms with van der Waals surface area (Å²) in [5.41, 5.74) is 10.6. The fourth-order valence-corrected chi connectivity index (χ4v) is 6.38. The monoisotopic (exact) mass is 485 g/mol. The maximum Gasteiger partial charge on any atom is 0.161 e. The summed E-state index contributed by atoms with van der Waals surface area (Å²) in [6.07, 6.45) is 2.09. The van der Waals surface area contributed by atoms with Gasteiger partial charge in [0.25, 0.3) is 0 Å². The number of carbonyl (C=O) groups is 1. The predicted molar refractivity (Wildman–Crippen MR) is 123 cm³/mol. The van der Waals surface area contributed by atoms with Crippen LogP contribution in [0.25, 0.3) is 0 Å². The second kappa shape index (κ2) is 8.39. The number of hydrogen-bond acceptors (Lipinski definition) is 6. The van der Waals surface area contributed by atoms with Gasteiger partial charge in [-0.1, -0.05) is 22.9 Å². The van der Waals surface area contributed by atoms with Crippen LogP contribution in [-0.4, -0.2) is 11.5 Å². The minimum absolute atomic E-state index is 0.122. The number of thiophene rings is 1. The molecule has 2 aromatic rings. The lowest BCUT2D eigenvalue weighted by Gasteiger charge is -2.39. The van der Waals surface area contributed by atoms with Gasteiger partial charge in [0.1, 0.15) is 5.82 Å². The summed E-state index contributed by atoms with van der Waals surface area (Å²) in [7, 11) is 0. The number of nitriles is 1. The van der Waals surface area contributed by atoms with Gasteiger partial charge in [-0.05, 0) is 59.9 Å². The zero-order chi connectivity index (χ0) is 20.5. The van der Waals surface area contributed by atoms with Gasteiger partial charge in [-0.2, -0.15) is 5.26 Å². The Morgan fingerprint density at radius 1 is 1.31 bits per heavy atom. The highest BCUT2D eigenvalue weighted by molar-refractivity contribution is 9.10. The zero-order valence-corrected chi connectivity index (χ0v) is 19.2. The van der Waals surface area contributed by atoms with Crippen LogP contribution in [0.5, 0.6) is 0 Å². The van der Waals surface area contributed by atoms with E-state index in [9.17, 15) is 10.1 Å². The Labute approximate surface area is 187 Å². The third-order valence-corrected chi connectivity index (χ3v) is 7.92. The van der Waals surface area contributed by atoms with Gasteiger partial charge in [-0.3, -0.25) is 9.69 Å². The Kier molecular flexibility index (Phi) is 5.86. The van der Waals surface area contributed by atoms with E-state index < -0.39 is 0 Å². The molecule has 7 heteroatoms. The summed E-state index contributed by atoms with van der Waals surface area (Å²) in [6, 6.07) is 12.2. The van der Waals surface area contributed by atoms with Crippen molar-refractivity contribution in [3.63, 3.8) is 0 Å². The van der Waals surface area contributed by atoms with Crippen molar-refractivity contribution in [1.82, 2.24) is 0 Å². The van der Waals surface area contributed by atoms with Crippen molar-refractivity contribution in [3.05, 3.63) is 68.4 Å². The highest BCUT2D eigenvalue weighted by Crippen LogP contribution is 2.49. The van der Waals surface area contributed by atoms with Gasteiger partial charge in [0.05, 0.1) is 21.8 Å². The Morgan fingerprint density at radius 3 is 2.76 bits per heavy atom. The molecule has 1 aliphatic carbocycles. The van der Waals surface area contributed by atoms with Crippen molar-refractivity contribution in [3.8, 4) is 6.07 Å². The maximum absolute atomic E-state index is 13.1. The lowest BCUT2D eigenvalue weighted by Crippen LogP contribution is -2.38. The lowest BCUT2D eigenvalue weighted by molar-refractivity contribution is -0.116. The van der Waals surface area contributed by atoms with Crippen LogP contribution in [0.3, 0.4) is 0 Å². The molecule has 4 rings (SSSR count). The van der Waals surface area contributed by atoms with Crippen molar-refractivity contribution >= 4 is 50.5 Å². The minimum atomic E-state index is -0.380. The van der Waals surface area contributed by atoms with Crippen molar-refractivity contribution < 1.29 is 4.79 Å². The molecule has 1 aromatic heterocycles. The van der Waals surface area contributed by atoms with Gasteiger partial charge >= 0.3 is 0 Å². The van der Waals surface area contributed by atoms with Gasteiger partial charge in [0.15, 0.2) is 5.78 Å².